The van der Waals surface area contributed by atoms with Gasteiger partial charge >= 0.3 is 0 Å². The van der Waals surface area contributed by atoms with Crippen LogP contribution in [0.1, 0.15) is 30.7 Å². The van der Waals surface area contributed by atoms with E-state index in [-0.39, 0.29) is 11.9 Å². The number of benzene rings is 1. The maximum Gasteiger partial charge on any atom is 0.123 e. The number of hydrogen-bond donors (Lipinski definition) is 2. The summed E-state index contributed by atoms with van der Waals surface area (Å²) < 4.78 is 12.8. The summed E-state index contributed by atoms with van der Waals surface area (Å²) in [6, 6.07) is 6.12. The van der Waals surface area contributed by atoms with Crippen molar-refractivity contribution in [3.8, 4) is 0 Å². The Hall–Kier alpha value is -1.30. The molecule has 2 rings (SSSR count). The Morgan fingerprint density at radius 2 is 2.11 bits per heavy atom. The molecule has 0 aliphatic heterocycles. The van der Waals surface area contributed by atoms with Crippen LogP contribution in [0.4, 0.5) is 4.39 Å². The molecule has 3 nitrogen and oxygen atoms in total. The molecule has 0 saturated heterocycles. The SMILES string of the molecule is CC(CC(O)c1ccc(F)cc1)NCc1cscn1. The molecular weight excluding hydrogens is 263 g/mol. The zero-order chi connectivity index (χ0) is 13.7. The Morgan fingerprint density at radius 1 is 1.37 bits per heavy atom. The van der Waals surface area contributed by atoms with Crippen LogP contribution in [0.15, 0.2) is 35.2 Å². The summed E-state index contributed by atoms with van der Waals surface area (Å²) in [5.74, 6) is -0.286. The van der Waals surface area contributed by atoms with Gasteiger partial charge in [0.05, 0.1) is 17.3 Å². The van der Waals surface area contributed by atoms with Gasteiger partial charge in [0.1, 0.15) is 5.82 Å². The molecule has 2 N–H and O–H groups in total. The summed E-state index contributed by atoms with van der Waals surface area (Å²) in [7, 11) is 0. The van der Waals surface area contributed by atoms with E-state index < -0.39 is 6.10 Å². The molecule has 1 aromatic heterocycles. The van der Waals surface area contributed by atoms with Crippen molar-refractivity contribution in [1.29, 1.82) is 0 Å². The van der Waals surface area contributed by atoms with E-state index in [4.69, 9.17) is 0 Å². The molecule has 2 unspecified atom stereocenters. The molecule has 0 spiro atoms. The minimum Gasteiger partial charge on any atom is -0.388 e. The summed E-state index contributed by atoms with van der Waals surface area (Å²) in [5.41, 5.74) is 3.55. The lowest BCUT2D eigenvalue weighted by atomic mass is 10.0. The highest BCUT2D eigenvalue weighted by molar-refractivity contribution is 7.07. The van der Waals surface area contributed by atoms with Crippen LogP contribution in [0.2, 0.25) is 0 Å². The van der Waals surface area contributed by atoms with E-state index in [0.717, 1.165) is 11.3 Å². The fraction of sp³-hybridized carbons (Fsp3) is 0.357. The second-order valence-electron chi connectivity index (χ2n) is 4.56. The second kappa shape index (κ2) is 6.75. The fourth-order valence-corrected chi connectivity index (χ4v) is 2.40. The first kappa shape index (κ1) is 14.1. The van der Waals surface area contributed by atoms with E-state index >= 15 is 0 Å². The first-order valence-electron chi connectivity index (χ1n) is 6.19. The van der Waals surface area contributed by atoms with E-state index in [1.54, 1.807) is 29.0 Å². The van der Waals surface area contributed by atoms with Crippen molar-refractivity contribution < 1.29 is 9.50 Å². The first-order chi connectivity index (χ1) is 9.15. The maximum atomic E-state index is 12.8. The highest BCUT2D eigenvalue weighted by Gasteiger charge is 2.12. The van der Waals surface area contributed by atoms with Crippen LogP contribution in [0.25, 0.3) is 0 Å². The van der Waals surface area contributed by atoms with Crippen molar-refractivity contribution in [3.05, 3.63) is 52.2 Å². The van der Waals surface area contributed by atoms with Crippen LogP contribution in [0.5, 0.6) is 0 Å². The maximum absolute atomic E-state index is 12.8. The van der Waals surface area contributed by atoms with Gasteiger partial charge in [-0.15, -0.1) is 11.3 Å². The van der Waals surface area contributed by atoms with Crippen LogP contribution in [0.3, 0.4) is 0 Å². The van der Waals surface area contributed by atoms with Gasteiger partial charge in [-0.05, 0) is 31.0 Å². The number of rotatable bonds is 6. The molecule has 1 aromatic carbocycles. The van der Waals surface area contributed by atoms with Gasteiger partial charge in [-0.25, -0.2) is 9.37 Å². The normalized spacial score (nSPS) is 14.3. The highest BCUT2D eigenvalue weighted by Crippen LogP contribution is 2.18. The zero-order valence-electron chi connectivity index (χ0n) is 10.7. The average Bonchev–Trinajstić information content (AvgIpc) is 2.90. The molecule has 0 amide bonds. The van der Waals surface area contributed by atoms with Crippen LogP contribution in [-0.2, 0) is 6.54 Å². The third-order valence-corrected chi connectivity index (χ3v) is 3.58. The summed E-state index contributed by atoms with van der Waals surface area (Å²) in [5, 5.41) is 15.4. The van der Waals surface area contributed by atoms with Gasteiger partial charge in [-0.3, -0.25) is 0 Å². The lowest BCUT2D eigenvalue weighted by Gasteiger charge is -2.17. The number of nitrogens with zero attached hydrogens (tertiary/aromatic N) is 1. The number of halogens is 1. The number of nitrogens with one attached hydrogen (secondary N) is 1. The quantitative estimate of drug-likeness (QED) is 0.855. The summed E-state index contributed by atoms with van der Waals surface area (Å²) in [6.07, 6.45) is -0.00555. The predicted octanol–water partition coefficient (Wildman–Crippen LogP) is 2.88. The molecule has 0 aliphatic rings. The smallest absolute Gasteiger partial charge is 0.123 e. The van der Waals surface area contributed by atoms with Crippen LogP contribution < -0.4 is 5.32 Å². The fourth-order valence-electron chi connectivity index (χ4n) is 1.84. The van der Waals surface area contributed by atoms with Crippen molar-refractivity contribution in [2.24, 2.45) is 0 Å². The van der Waals surface area contributed by atoms with E-state index in [1.807, 2.05) is 12.3 Å². The Labute approximate surface area is 116 Å². The number of aromatic nitrogens is 1. The molecule has 0 fully saturated rings. The van der Waals surface area contributed by atoms with Crippen LogP contribution >= 0.6 is 11.3 Å². The van der Waals surface area contributed by atoms with Gasteiger partial charge in [0.25, 0.3) is 0 Å². The van der Waals surface area contributed by atoms with Gasteiger partial charge in [-0.1, -0.05) is 12.1 Å². The number of aliphatic hydroxyl groups excluding tert-OH is 1. The highest BCUT2D eigenvalue weighted by atomic mass is 32.1. The van der Waals surface area contributed by atoms with Crippen molar-refractivity contribution in [3.63, 3.8) is 0 Å². The third-order valence-electron chi connectivity index (χ3n) is 2.95. The van der Waals surface area contributed by atoms with Gasteiger partial charge in [-0.2, -0.15) is 0 Å². The van der Waals surface area contributed by atoms with Gasteiger partial charge in [0.2, 0.25) is 0 Å². The second-order valence-corrected chi connectivity index (χ2v) is 5.28. The Kier molecular flexibility index (Phi) is 5.01. The number of thiazole rings is 1. The van der Waals surface area contributed by atoms with Crippen LogP contribution in [0, 0.1) is 5.82 Å². The van der Waals surface area contributed by atoms with Crippen molar-refractivity contribution in [2.75, 3.05) is 0 Å². The first-order valence-corrected chi connectivity index (χ1v) is 7.13. The van der Waals surface area contributed by atoms with E-state index in [2.05, 4.69) is 10.3 Å². The molecule has 102 valence electrons. The molecule has 0 bridgehead atoms. The molecule has 0 aliphatic carbocycles. The van der Waals surface area contributed by atoms with Gasteiger partial charge in [0.15, 0.2) is 0 Å². The monoisotopic (exact) mass is 280 g/mol. The molecule has 1 heterocycles. The van der Waals surface area contributed by atoms with Crippen molar-refractivity contribution >= 4 is 11.3 Å². The largest absolute Gasteiger partial charge is 0.388 e. The lowest BCUT2D eigenvalue weighted by molar-refractivity contribution is 0.153. The lowest BCUT2D eigenvalue weighted by Crippen LogP contribution is -2.27. The van der Waals surface area contributed by atoms with E-state index in [0.29, 0.717) is 13.0 Å². The molecule has 2 atom stereocenters. The number of aliphatic hydroxyl groups is 1. The molecule has 0 radical (unpaired) electrons. The van der Waals surface area contributed by atoms with E-state index in [1.165, 1.54) is 12.1 Å². The molecule has 0 saturated carbocycles. The van der Waals surface area contributed by atoms with E-state index in [9.17, 15) is 9.50 Å². The Balaban J connectivity index is 1.81. The van der Waals surface area contributed by atoms with Crippen LogP contribution in [-0.4, -0.2) is 16.1 Å². The zero-order valence-corrected chi connectivity index (χ0v) is 11.5. The van der Waals surface area contributed by atoms with Crippen molar-refractivity contribution in [2.45, 2.75) is 32.0 Å². The molecule has 2 aromatic rings. The van der Waals surface area contributed by atoms with Gasteiger partial charge in [0, 0.05) is 18.0 Å². The minimum atomic E-state index is -0.585. The Morgan fingerprint density at radius 3 is 2.74 bits per heavy atom. The Bertz CT molecular complexity index is 487. The van der Waals surface area contributed by atoms with Gasteiger partial charge < -0.3 is 10.4 Å². The summed E-state index contributed by atoms with van der Waals surface area (Å²) >= 11 is 1.57. The summed E-state index contributed by atoms with van der Waals surface area (Å²) in [6.45, 7) is 2.71. The molecule has 19 heavy (non-hydrogen) atoms. The predicted molar refractivity (Wildman–Crippen MR) is 74.4 cm³/mol. The average molecular weight is 280 g/mol. The number of hydrogen-bond acceptors (Lipinski definition) is 4. The molecular formula is C14H17FN2OS. The third kappa shape index (κ3) is 4.38. The van der Waals surface area contributed by atoms with Crippen molar-refractivity contribution in [1.82, 2.24) is 10.3 Å². The summed E-state index contributed by atoms with van der Waals surface area (Å²) in [4.78, 5) is 4.19. The topological polar surface area (TPSA) is 45.1 Å². The minimum absolute atomic E-state index is 0.154. The molecule has 5 heteroatoms. The standard InChI is InChI=1S/C14H17FN2OS/c1-10(16-7-13-8-19-9-17-13)6-14(18)11-2-4-12(15)5-3-11/h2-5,8-10,14,16,18H,6-7H2,1H3.